The Balaban J connectivity index is 2.49. The Kier molecular flexibility index (Phi) is 1.65. The Bertz CT molecular complexity index is 118. The van der Waals surface area contributed by atoms with Gasteiger partial charge in [-0.25, -0.2) is 0 Å². The van der Waals surface area contributed by atoms with Crippen LogP contribution < -0.4 is 0 Å². The second kappa shape index (κ2) is 2.17. The summed E-state index contributed by atoms with van der Waals surface area (Å²) in [6.45, 7) is 8.60. The zero-order chi connectivity index (χ0) is 6.91. The molecule has 0 saturated heterocycles. The van der Waals surface area contributed by atoms with Gasteiger partial charge >= 0.3 is 0 Å². The number of hydrogen-bond donors (Lipinski definition) is 0. The van der Waals surface area contributed by atoms with Crippen LogP contribution in [0.15, 0.2) is 12.2 Å². The Labute approximate surface area is 58.0 Å². The monoisotopic (exact) mass is 124 g/mol. The van der Waals surface area contributed by atoms with Crippen molar-refractivity contribution < 1.29 is 0 Å². The Morgan fingerprint density at radius 2 is 2.11 bits per heavy atom. The van der Waals surface area contributed by atoms with Gasteiger partial charge in [-0.1, -0.05) is 32.4 Å². The van der Waals surface area contributed by atoms with Crippen molar-refractivity contribution in [2.45, 2.75) is 39.5 Å². The maximum atomic E-state index is 4.07. The highest BCUT2D eigenvalue weighted by Gasteiger charge is 2.32. The van der Waals surface area contributed by atoms with Crippen LogP contribution in [0.4, 0.5) is 0 Å². The normalized spacial score (nSPS) is 22.9. The van der Waals surface area contributed by atoms with Gasteiger partial charge in [0.25, 0.3) is 0 Å². The number of hydrogen-bond acceptors (Lipinski definition) is 0. The predicted molar refractivity (Wildman–Crippen MR) is 41.4 cm³/mol. The third-order valence-electron chi connectivity index (χ3n) is 2.74. The topological polar surface area (TPSA) is 0 Å². The van der Waals surface area contributed by atoms with E-state index < -0.39 is 0 Å². The summed E-state index contributed by atoms with van der Waals surface area (Å²) < 4.78 is 0. The summed E-state index contributed by atoms with van der Waals surface area (Å²) in [6, 6.07) is 0. The van der Waals surface area contributed by atoms with E-state index in [1.807, 2.05) is 0 Å². The fraction of sp³-hybridized carbons (Fsp3) is 0.778. The molecule has 1 saturated carbocycles. The van der Waals surface area contributed by atoms with E-state index in [1.54, 1.807) is 0 Å². The van der Waals surface area contributed by atoms with E-state index in [4.69, 9.17) is 0 Å². The van der Waals surface area contributed by atoms with Crippen molar-refractivity contribution >= 4 is 0 Å². The molecule has 0 heteroatoms. The zero-order valence-corrected chi connectivity index (χ0v) is 6.54. The largest absolute Gasteiger partial charge is 0.0993 e. The van der Waals surface area contributed by atoms with E-state index in [-0.39, 0.29) is 0 Å². The quantitative estimate of drug-likeness (QED) is 0.496. The molecular formula is C9H16. The van der Waals surface area contributed by atoms with Gasteiger partial charge < -0.3 is 0 Å². The minimum absolute atomic E-state index is 0.536. The molecule has 52 valence electrons. The summed E-state index contributed by atoms with van der Waals surface area (Å²) in [7, 11) is 0. The molecule has 0 bridgehead atoms. The van der Waals surface area contributed by atoms with Crippen molar-refractivity contribution in [2.24, 2.45) is 5.41 Å². The van der Waals surface area contributed by atoms with E-state index >= 15 is 0 Å². The number of allylic oxidation sites excluding steroid dienone is 1. The van der Waals surface area contributed by atoms with Gasteiger partial charge in [0, 0.05) is 0 Å². The predicted octanol–water partition coefficient (Wildman–Crippen LogP) is 3.14. The molecule has 1 aliphatic rings. The van der Waals surface area contributed by atoms with Crippen LogP contribution in [-0.4, -0.2) is 0 Å². The zero-order valence-electron chi connectivity index (χ0n) is 6.54. The lowest BCUT2D eigenvalue weighted by Gasteiger charge is -2.40. The van der Waals surface area contributed by atoms with Gasteiger partial charge in [-0.05, 0) is 24.7 Å². The first-order chi connectivity index (χ1) is 4.19. The first-order valence-corrected chi connectivity index (χ1v) is 3.87. The van der Waals surface area contributed by atoms with E-state index in [0.29, 0.717) is 5.41 Å². The van der Waals surface area contributed by atoms with E-state index in [1.165, 1.54) is 24.8 Å². The van der Waals surface area contributed by atoms with Gasteiger partial charge in [-0.15, -0.1) is 0 Å². The summed E-state index contributed by atoms with van der Waals surface area (Å²) in [6.07, 6.45) is 5.32. The van der Waals surface area contributed by atoms with Gasteiger partial charge in [0.1, 0.15) is 0 Å². The fourth-order valence-corrected chi connectivity index (χ4v) is 1.49. The molecule has 1 fully saturated rings. The fourth-order valence-electron chi connectivity index (χ4n) is 1.49. The molecule has 9 heavy (non-hydrogen) atoms. The number of rotatable bonds is 2. The van der Waals surface area contributed by atoms with Crippen molar-refractivity contribution in [3.8, 4) is 0 Å². The maximum absolute atomic E-state index is 4.07. The highest BCUT2D eigenvalue weighted by atomic mass is 14.4. The molecule has 0 N–H and O–H groups in total. The molecule has 0 unspecified atom stereocenters. The second-order valence-corrected chi connectivity index (χ2v) is 3.37. The molecule has 0 aromatic heterocycles. The molecule has 0 radical (unpaired) electrons. The lowest BCUT2D eigenvalue weighted by molar-refractivity contribution is 0.210. The first kappa shape index (κ1) is 6.85. The Hall–Kier alpha value is -0.260. The summed E-state index contributed by atoms with van der Waals surface area (Å²) in [5, 5.41) is 0. The second-order valence-electron chi connectivity index (χ2n) is 3.37. The van der Waals surface area contributed by atoms with E-state index in [9.17, 15) is 0 Å². The van der Waals surface area contributed by atoms with E-state index in [2.05, 4.69) is 20.4 Å². The Morgan fingerprint density at radius 3 is 2.22 bits per heavy atom. The summed E-state index contributed by atoms with van der Waals surface area (Å²) >= 11 is 0. The molecule has 0 aromatic carbocycles. The minimum Gasteiger partial charge on any atom is -0.0993 e. The van der Waals surface area contributed by atoms with Gasteiger partial charge in [0.15, 0.2) is 0 Å². The van der Waals surface area contributed by atoms with Crippen LogP contribution in [0.3, 0.4) is 0 Å². The van der Waals surface area contributed by atoms with Crippen LogP contribution in [0.5, 0.6) is 0 Å². The van der Waals surface area contributed by atoms with Gasteiger partial charge in [-0.2, -0.15) is 0 Å². The molecule has 1 rings (SSSR count). The van der Waals surface area contributed by atoms with Gasteiger partial charge in [-0.3, -0.25) is 0 Å². The van der Waals surface area contributed by atoms with Crippen molar-refractivity contribution in [1.82, 2.24) is 0 Å². The van der Waals surface area contributed by atoms with Crippen LogP contribution in [0, 0.1) is 5.41 Å². The lowest BCUT2D eigenvalue weighted by Crippen LogP contribution is -2.26. The van der Waals surface area contributed by atoms with Crippen molar-refractivity contribution in [3.05, 3.63) is 12.2 Å². The lowest BCUT2D eigenvalue weighted by atomic mass is 9.65. The molecular weight excluding hydrogens is 108 g/mol. The molecule has 1 aliphatic carbocycles. The molecule has 0 nitrogen and oxygen atoms in total. The van der Waals surface area contributed by atoms with Crippen LogP contribution in [0.25, 0.3) is 0 Å². The van der Waals surface area contributed by atoms with Crippen molar-refractivity contribution in [3.63, 3.8) is 0 Å². The minimum atomic E-state index is 0.536. The molecule has 0 aromatic rings. The SMILES string of the molecule is C=C(CC)C1(C)CCC1. The third kappa shape index (κ3) is 1.03. The maximum Gasteiger partial charge on any atom is -0.0119 e. The summed E-state index contributed by atoms with van der Waals surface area (Å²) in [5.41, 5.74) is 1.99. The standard InChI is InChI=1S/C9H16/c1-4-8(2)9(3)6-5-7-9/h2,4-7H2,1,3H3. The molecule has 0 aliphatic heterocycles. The molecule has 0 amide bonds. The van der Waals surface area contributed by atoms with Crippen molar-refractivity contribution in [1.29, 1.82) is 0 Å². The first-order valence-electron chi connectivity index (χ1n) is 3.87. The van der Waals surface area contributed by atoms with Crippen molar-refractivity contribution in [2.75, 3.05) is 0 Å². The van der Waals surface area contributed by atoms with Crippen LogP contribution >= 0.6 is 0 Å². The Morgan fingerprint density at radius 1 is 1.56 bits per heavy atom. The average Bonchev–Trinajstić information content (AvgIpc) is 1.81. The molecule has 0 heterocycles. The third-order valence-corrected chi connectivity index (χ3v) is 2.74. The molecule has 0 atom stereocenters. The van der Waals surface area contributed by atoms with Crippen LogP contribution in [0.1, 0.15) is 39.5 Å². The summed E-state index contributed by atoms with van der Waals surface area (Å²) in [4.78, 5) is 0. The average molecular weight is 124 g/mol. The van der Waals surface area contributed by atoms with Crippen LogP contribution in [-0.2, 0) is 0 Å². The van der Waals surface area contributed by atoms with E-state index in [0.717, 1.165) is 6.42 Å². The van der Waals surface area contributed by atoms with Gasteiger partial charge in [0.05, 0.1) is 0 Å². The van der Waals surface area contributed by atoms with Gasteiger partial charge in [0.2, 0.25) is 0 Å². The highest BCUT2D eigenvalue weighted by molar-refractivity contribution is 5.11. The summed E-state index contributed by atoms with van der Waals surface area (Å²) in [5.74, 6) is 0. The van der Waals surface area contributed by atoms with Crippen LogP contribution in [0.2, 0.25) is 0 Å². The smallest absolute Gasteiger partial charge is 0.0119 e. The molecule has 0 spiro atoms. The highest BCUT2D eigenvalue weighted by Crippen LogP contribution is 2.46.